The molecule has 1 fully saturated rings. The highest BCUT2D eigenvalue weighted by Crippen LogP contribution is 2.30. The highest BCUT2D eigenvalue weighted by atomic mass is 79.9. The first-order chi connectivity index (χ1) is 11.4. The molecule has 2 heterocycles. The average Bonchev–Trinajstić information content (AvgIpc) is 3.02. The van der Waals surface area contributed by atoms with Crippen molar-refractivity contribution in [3.05, 3.63) is 51.8 Å². The Bertz CT molecular complexity index is 836. The number of thiophene rings is 1. The third-order valence-corrected chi connectivity index (χ3v) is 8.09. The van der Waals surface area contributed by atoms with E-state index < -0.39 is 10.0 Å². The number of piperazine rings is 1. The average molecular weight is 429 g/mol. The third-order valence-electron chi connectivity index (χ3n) is 3.99. The van der Waals surface area contributed by atoms with Gasteiger partial charge in [-0.3, -0.25) is 4.79 Å². The lowest BCUT2D eigenvalue weighted by Gasteiger charge is -2.38. The highest BCUT2D eigenvalue weighted by molar-refractivity contribution is 9.11. The normalized spacial score (nSPS) is 19.4. The van der Waals surface area contributed by atoms with Gasteiger partial charge in [-0.25, -0.2) is 8.42 Å². The molecule has 0 aliphatic carbocycles. The predicted octanol–water partition coefficient (Wildman–Crippen LogP) is 3.05. The monoisotopic (exact) mass is 428 g/mol. The summed E-state index contributed by atoms with van der Waals surface area (Å²) in [5.74, 6) is -0.0571. The van der Waals surface area contributed by atoms with E-state index in [4.69, 9.17) is 0 Å². The van der Waals surface area contributed by atoms with E-state index in [9.17, 15) is 13.2 Å². The minimum atomic E-state index is -3.52. The lowest BCUT2D eigenvalue weighted by molar-refractivity contribution is 0.0642. The fraction of sp³-hybridized carbons (Fsp3) is 0.312. The van der Waals surface area contributed by atoms with Gasteiger partial charge < -0.3 is 4.90 Å². The number of nitrogens with zero attached hydrogens (tertiary/aromatic N) is 2. The number of benzene rings is 1. The number of sulfonamides is 1. The maximum absolute atomic E-state index is 12.8. The summed E-state index contributed by atoms with van der Waals surface area (Å²) in [4.78, 5) is 14.2. The number of carbonyl (C=O) groups is 1. The number of carbonyl (C=O) groups excluding carboxylic acids is 1. The van der Waals surface area contributed by atoms with Crippen LogP contribution in [0.2, 0.25) is 0 Å². The van der Waals surface area contributed by atoms with E-state index in [1.807, 2.05) is 25.1 Å². The van der Waals surface area contributed by atoms with E-state index >= 15 is 0 Å². The Kier molecular flexibility index (Phi) is 5.10. The molecule has 0 spiro atoms. The zero-order valence-corrected chi connectivity index (χ0v) is 16.3. The van der Waals surface area contributed by atoms with Crippen LogP contribution >= 0.6 is 27.3 Å². The van der Waals surface area contributed by atoms with Gasteiger partial charge >= 0.3 is 0 Å². The first-order valence-corrected chi connectivity index (χ1v) is 10.6. The van der Waals surface area contributed by atoms with Gasteiger partial charge in [0.2, 0.25) is 0 Å². The van der Waals surface area contributed by atoms with Gasteiger partial charge in [-0.05, 0) is 47.1 Å². The van der Waals surface area contributed by atoms with E-state index in [2.05, 4.69) is 15.9 Å². The van der Waals surface area contributed by atoms with Crippen LogP contribution in [0, 0.1) is 0 Å². The first kappa shape index (κ1) is 17.6. The molecule has 8 heteroatoms. The van der Waals surface area contributed by atoms with Crippen LogP contribution in [0.25, 0.3) is 0 Å². The van der Waals surface area contributed by atoms with Crippen molar-refractivity contribution in [1.82, 2.24) is 9.21 Å². The van der Waals surface area contributed by atoms with Crippen molar-refractivity contribution < 1.29 is 13.2 Å². The number of halogens is 1. The van der Waals surface area contributed by atoms with Crippen LogP contribution in [0.3, 0.4) is 0 Å². The topological polar surface area (TPSA) is 57.7 Å². The zero-order valence-electron chi connectivity index (χ0n) is 13.1. The summed E-state index contributed by atoms with van der Waals surface area (Å²) in [7, 11) is -3.52. The molecule has 1 aliphatic rings. The van der Waals surface area contributed by atoms with Crippen molar-refractivity contribution in [2.75, 3.05) is 19.6 Å². The summed E-state index contributed by atoms with van der Waals surface area (Å²) in [5.41, 5.74) is 0.628. The fourth-order valence-corrected chi connectivity index (χ4v) is 6.55. The van der Waals surface area contributed by atoms with Gasteiger partial charge in [0.25, 0.3) is 15.9 Å². The Balaban J connectivity index is 1.75. The molecular weight excluding hydrogens is 412 g/mol. The van der Waals surface area contributed by atoms with Gasteiger partial charge in [0, 0.05) is 31.2 Å². The second kappa shape index (κ2) is 6.95. The smallest absolute Gasteiger partial charge is 0.253 e. The van der Waals surface area contributed by atoms with Crippen LogP contribution in [0.15, 0.2) is 50.5 Å². The van der Waals surface area contributed by atoms with Crippen LogP contribution in [0.4, 0.5) is 0 Å². The van der Waals surface area contributed by atoms with Crippen LogP contribution in [0.1, 0.15) is 17.3 Å². The number of hydrogen-bond acceptors (Lipinski definition) is 4. The minimum absolute atomic E-state index is 0.0571. The van der Waals surface area contributed by atoms with E-state index in [1.165, 1.54) is 15.6 Å². The van der Waals surface area contributed by atoms with Crippen LogP contribution in [0.5, 0.6) is 0 Å². The maximum Gasteiger partial charge on any atom is 0.253 e. The van der Waals surface area contributed by atoms with Gasteiger partial charge in [0.1, 0.15) is 4.21 Å². The van der Waals surface area contributed by atoms with Crippen LogP contribution in [-0.4, -0.2) is 49.2 Å². The second-order valence-corrected chi connectivity index (χ2v) is 10.2. The minimum Gasteiger partial charge on any atom is -0.336 e. The molecule has 1 atom stereocenters. The zero-order chi connectivity index (χ0) is 17.3. The standard InChI is InChI=1S/C16H17BrN2O3S2/c1-12-11-18(16(20)13-5-3-2-4-6-13)9-10-19(12)24(21,22)15-8-7-14(17)23-15/h2-8,12H,9-11H2,1H3. The number of rotatable bonds is 3. The molecule has 24 heavy (non-hydrogen) atoms. The first-order valence-electron chi connectivity index (χ1n) is 7.51. The summed E-state index contributed by atoms with van der Waals surface area (Å²) in [6.07, 6.45) is 0. The van der Waals surface area contributed by atoms with E-state index in [0.717, 1.165) is 3.79 Å². The molecule has 1 amide bonds. The quantitative estimate of drug-likeness (QED) is 0.754. The van der Waals surface area contributed by atoms with E-state index in [1.54, 1.807) is 29.2 Å². The Morgan fingerprint density at radius 3 is 2.46 bits per heavy atom. The molecular formula is C16H17BrN2O3S2. The number of amides is 1. The molecule has 2 aromatic rings. The van der Waals surface area contributed by atoms with Gasteiger partial charge in [0.15, 0.2) is 0 Å². The molecule has 0 N–H and O–H groups in total. The van der Waals surface area contributed by atoms with Gasteiger partial charge in [-0.15, -0.1) is 11.3 Å². The summed E-state index contributed by atoms with van der Waals surface area (Å²) < 4.78 is 28.1. The predicted molar refractivity (Wildman–Crippen MR) is 97.7 cm³/mol. The molecule has 5 nitrogen and oxygen atoms in total. The molecule has 0 radical (unpaired) electrons. The fourth-order valence-electron chi connectivity index (χ4n) is 2.80. The van der Waals surface area contributed by atoms with Crippen molar-refractivity contribution in [3.8, 4) is 0 Å². The van der Waals surface area contributed by atoms with Crippen molar-refractivity contribution in [3.63, 3.8) is 0 Å². The molecule has 1 aromatic carbocycles. The van der Waals surface area contributed by atoms with Crippen molar-refractivity contribution >= 4 is 43.2 Å². The Morgan fingerprint density at radius 1 is 1.17 bits per heavy atom. The lowest BCUT2D eigenvalue weighted by atomic mass is 10.1. The summed E-state index contributed by atoms with van der Waals surface area (Å²) in [6, 6.07) is 12.1. The van der Waals surface area contributed by atoms with Gasteiger partial charge in [-0.2, -0.15) is 4.31 Å². The molecule has 1 aromatic heterocycles. The van der Waals surface area contributed by atoms with Gasteiger partial charge in [-0.1, -0.05) is 18.2 Å². The van der Waals surface area contributed by atoms with Crippen molar-refractivity contribution in [1.29, 1.82) is 0 Å². The Hall–Kier alpha value is -1.22. The van der Waals surface area contributed by atoms with Crippen molar-refractivity contribution in [2.24, 2.45) is 0 Å². The molecule has 1 saturated heterocycles. The molecule has 128 valence electrons. The van der Waals surface area contributed by atoms with E-state index in [-0.39, 0.29) is 11.9 Å². The summed E-state index contributed by atoms with van der Waals surface area (Å²) in [5, 5.41) is 0. The van der Waals surface area contributed by atoms with Gasteiger partial charge in [0.05, 0.1) is 3.79 Å². The highest BCUT2D eigenvalue weighted by Gasteiger charge is 2.36. The molecule has 3 rings (SSSR count). The van der Waals surface area contributed by atoms with E-state index in [0.29, 0.717) is 29.4 Å². The second-order valence-electron chi connectivity index (χ2n) is 5.64. The maximum atomic E-state index is 12.8. The third kappa shape index (κ3) is 3.42. The largest absolute Gasteiger partial charge is 0.336 e. The summed E-state index contributed by atoms with van der Waals surface area (Å²) in [6.45, 7) is 2.92. The molecule has 0 bridgehead atoms. The van der Waals surface area contributed by atoms with Crippen LogP contribution < -0.4 is 0 Å². The molecule has 0 saturated carbocycles. The lowest BCUT2D eigenvalue weighted by Crippen LogP contribution is -2.55. The summed E-state index contributed by atoms with van der Waals surface area (Å²) >= 11 is 4.50. The Labute approximate surface area is 154 Å². The van der Waals surface area contributed by atoms with Crippen LogP contribution in [-0.2, 0) is 10.0 Å². The Morgan fingerprint density at radius 2 is 1.88 bits per heavy atom. The molecule has 1 aliphatic heterocycles. The molecule has 1 unspecified atom stereocenters. The SMILES string of the molecule is CC1CN(C(=O)c2ccccc2)CCN1S(=O)(=O)c1ccc(Br)s1. The van der Waals surface area contributed by atoms with Crippen molar-refractivity contribution in [2.45, 2.75) is 17.2 Å². The number of hydrogen-bond donors (Lipinski definition) is 0.